The predicted molar refractivity (Wildman–Crippen MR) is 146 cm³/mol. The lowest BCUT2D eigenvalue weighted by molar-refractivity contribution is -0.137. The second kappa shape index (κ2) is 13.9. The fourth-order valence-electron chi connectivity index (χ4n) is 3.07. The highest BCUT2D eigenvalue weighted by Gasteiger charge is 2.30. The van der Waals surface area contributed by atoms with Crippen LogP contribution < -0.4 is 16.4 Å². The van der Waals surface area contributed by atoms with Crippen molar-refractivity contribution >= 4 is 29.4 Å². The van der Waals surface area contributed by atoms with Gasteiger partial charge in [-0.2, -0.15) is 13.2 Å². The number of pyridine rings is 1. The summed E-state index contributed by atoms with van der Waals surface area (Å²) in [6, 6.07) is 22.2. The Morgan fingerprint density at radius 2 is 1.73 bits per heavy atom. The summed E-state index contributed by atoms with van der Waals surface area (Å²) >= 11 is 0.522. The van der Waals surface area contributed by atoms with Crippen LogP contribution in [0.15, 0.2) is 102 Å². The van der Waals surface area contributed by atoms with Crippen molar-refractivity contribution in [2.75, 3.05) is 11.1 Å². The third kappa shape index (κ3) is 9.15. The first-order valence-corrected chi connectivity index (χ1v) is 11.4. The second-order valence-corrected chi connectivity index (χ2v) is 8.08. The van der Waals surface area contributed by atoms with Crippen LogP contribution in [0.5, 0.6) is 0 Å². The zero-order chi connectivity index (χ0) is 26.0. The number of nitrogen functional groups attached to an aromatic ring is 1. The number of carbonyl (C=O) groups excluding carboxylic acids is 1. The van der Waals surface area contributed by atoms with E-state index in [0.717, 1.165) is 17.7 Å². The molecule has 37 heavy (non-hydrogen) atoms. The number of urea groups is 1. The van der Waals surface area contributed by atoms with Crippen LogP contribution in [-0.2, 0) is 12.7 Å². The van der Waals surface area contributed by atoms with Crippen molar-refractivity contribution in [2.24, 2.45) is 0 Å². The molecule has 0 bridgehead atoms. The van der Waals surface area contributed by atoms with Gasteiger partial charge in [0, 0.05) is 51.5 Å². The van der Waals surface area contributed by atoms with Crippen molar-refractivity contribution in [3.05, 3.63) is 108 Å². The van der Waals surface area contributed by atoms with Gasteiger partial charge >= 0.3 is 12.2 Å². The number of rotatable bonds is 5. The van der Waals surface area contributed by atoms with Crippen LogP contribution in [0.2, 0.25) is 0 Å². The smallest absolute Gasteiger partial charge is 0.412 e. The highest BCUT2D eigenvalue weighted by Crippen LogP contribution is 2.35. The number of halogens is 3. The molecular formula is C26H31F3N4O3S. The van der Waals surface area contributed by atoms with Crippen molar-refractivity contribution in [3.8, 4) is 11.1 Å². The Labute approximate surface area is 220 Å². The van der Waals surface area contributed by atoms with E-state index in [9.17, 15) is 18.0 Å². The predicted octanol–water partition coefficient (Wildman–Crippen LogP) is 6.84. The molecule has 2 amide bonds. The third-order valence-electron chi connectivity index (χ3n) is 4.83. The molecular weight excluding hydrogens is 505 g/mol. The molecule has 11 heteroatoms. The fraction of sp³-hybridized carbons (Fsp3) is 0.0769. The van der Waals surface area contributed by atoms with Crippen LogP contribution in [0.25, 0.3) is 11.1 Å². The number of hydrogen-bond acceptors (Lipinski definition) is 5. The zero-order valence-electron chi connectivity index (χ0n) is 19.4. The number of nitrogens with two attached hydrogens (primary N) is 1. The number of aromatic nitrogens is 1. The van der Waals surface area contributed by atoms with Gasteiger partial charge in [-0.1, -0.05) is 36.4 Å². The molecule has 200 valence electrons. The molecule has 0 radical (unpaired) electrons. The van der Waals surface area contributed by atoms with Crippen molar-refractivity contribution in [1.29, 1.82) is 0 Å². The average molecular weight is 537 g/mol. The largest absolute Gasteiger partial charge is 0.416 e. The summed E-state index contributed by atoms with van der Waals surface area (Å²) in [7, 11) is 0. The Morgan fingerprint density at radius 3 is 2.38 bits per heavy atom. The van der Waals surface area contributed by atoms with Crippen LogP contribution in [0, 0.1) is 0 Å². The second-order valence-electron chi connectivity index (χ2n) is 7.46. The number of hydrogen-bond donors (Lipinski definition) is 4. The van der Waals surface area contributed by atoms with Gasteiger partial charge in [-0.25, -0.2) is 4.79 Å². The van der Waals surface area contributed by atoms with Crippen molar-refractivity contribution in [3.63, 3.8) is 0 Å². The quantitative estimate of drug-likeness (QED) is 0.164. The van der Waals surface area contributed by atoms with Gasteiger partial charge < -0.3 is 26.4 Å². The maximum Gasteiger partial charge on any atom is 0.416 e. The number of nitrogens with one attached hydrogen (secondary N) is 2. The summed E-state index contributed by atoms with van der Waals surface area (Å²) in [6.07, 6.45) is -0.960. The molecule has 0 aliphatic carbocycles. The lowest BCUT2D eigenvalue weighted by atomic mass is 10.0. The van der Waals surface area contributed by atoms with Gasteiger partial charge in [-0.3, -0.25) is 4.98 Å². The Balaban J connectivity index is 0. The number of amides is 2. The SMILES string of the molecule is Nc1ccc(NC(=O)NCc2cccnc2)cc1.O.OSc1ccccc1-c1cccc(C(F)(F)F)c1.[HH].[HH].[HH]. The summed E-state index contributed by atoms with van der Waals surface area (Å²) in [5, 5.41) is 5.45. The molecule has 3 aromatic carbocycles. The van der Waals surface area contributed by atoms with Crippen LogP contribution in [-0.4, -0.2) is 21.0 Å². The molecule has 0 aliphatic rings. The summed E-state index contributed by atoms with van der Waals surface area (Å²) in [6.45, 7) is 0.439. The van der Waals surface area contributed by atoms with Crippen LogP contribution in [0.4, 0.5) is 29.3 Å². The van der Waals surface area contributed by atoms with Gasteiger partial charge in [0.15, 0.2) is 0 Å². The molecule has 0 fully saturated rings. The van der Waals surface area contributed by atoms with Gasteiger partial charge in [0.2, 0.25) is 0 Å². The third-order valence-corrected chi connectivity index (χ3v) is 5.38. The van der Waals surface area contributed by atoms with E-state index >= 15 is 0 Å². The number of alkyl halides is 3. The number of carbonyl (C=O) groups is 1. The van der Waals surface area contributed by atoms with Gasteiger partial charge in [0.25, 0.3) is 0 Å². The maximum absolute atomic E-state index is 12.6. The Kier molecular flexibility index (Phi) is 10.9. The molecule has 0 unspecified atom stereocenters. The van der Waals surface area contributed by atoms with Gasteiger partial charge in [-0.15, -0.1) is 0 Å². The first-order chi connectivity index (χ1) is 17.3. The van der Waals surface area contributed by atoms with Gasteiger partial charge in [-0.05, 0) is 65.2 Å². The highest BCUT2D eigenvalue weighted by atomic mass is 32.2. The van der Waals surface area contributed by atoms with E-state index < -0.39 is 11.7 Å². The van der Waals surface area contributed by atoms with Gasteiger partial charge in [0.1, 0.15) is 0 Å². The fourth-order valence-corrected chi connectivity index (χ4v) is 3.50. The maximum atomic E-state index is 12.6. The zero-order valence-corrected chi connectivity index (χ0v) is 20.2. The van der Waals surface area contributed by atoms with E-state index in [1.54, 1.807) is 67.0 Å². The molecule has 4 rings (SSSR count). The Hall–Kier alpha value is -4.06. The molecule has 0 spiro atoms. The van der Waals surface area contributed by atoms with E-state index in [-0.39, 0.29) is 15.8 Å². The van der Waals surface area contributed by atoms with E-state index in [1.165, 1.54) is 6.07 Å². The lowest BCUT2D eigenvalue weighted by Gasteiger charge is -2.10. The normalized spacial score (nSPS) is 10.4. The number of anilines is 2. The highest BCUT2D eigenvalue weighted by molar-refractivity contribution is 7.93. The summed E-state index contributed by atoms with van der Waals surface area (Å²) in [5.74, 6) is 0. The van der Waals surface area contributed by atoms with Crippen LogP contribution in [0.3, 0.4) is 0 Å². The van der Waals surface area contributed by atoms with Crippen molar-refractivity contribution in [2.45, 2.75) is 17.6 Å². The molecule has 4 aromatic rings. The molecule has 7 nitrogen and oxygen atoms in total. The minimum atomic E-state index is -4.36. The number of benzene rings is 3. The molecule has 7 N–H and O–H groups in total. The number of nitrogens with zero attached hydrogens (tertiary/aromatic N) is 1. The summed E-state index contributed by atoms with van der Waals surface area (Å²) in [5.41, 5.74) is 8.19. The first kappa shape index (κ1) is 29.2. The molecule has 1 heterocycles. The minimum absolute atomic E-state index is 0. The van der Waals surface area contributed by atoms with E-state index in [0.29, 0.717) is 46.0 Å². The lowest BCUT2D eigenvalue weighted by Crippen LogP contribution is -2.28. The first-order valence-electron chi connectivity index (χ1n) is 10.6. The van der Waals surface area contributed by atoms with E-state index in [1.807, 2.05) is 12.1 Å². The molecule has 0 atom stereocenters. The standard InChI is InChI=1S/C13H9F3OS.C13H14N4O.H2O.3H2/c14-13(15,16)10-5-3-4-9(8-10)11-6-1-2-7-12(11)18-17;14-11-3-5-12(6-4-11)17-13(18)16-9-10-2-1-7-15-8-10;;;;/h1-8,17H;1-8H,9,14H2,(H2,16,17,18);1H2;3*1H. The molecule has 0 aliphatic heterocycles. The van der Waals surface area contributed by atoms with E-state index in [2.05, 4.69) is 15.6 Å². The topological polar surface area (TPSA) is 132 Å². The minimum Gasteiger partial charge on any atom is -0.412 e. The monoisotopic (exact) mass is 536 g/mol. The van der Waals surface area contributed by atoms with E-state index in [4.69, 9.17) is 10.3 Å². The van der Waals surface area contributed by atoms with Crippen LogP contribution >= 0.6 is 12.0 Å². The summed E-state index contributed by atoms with van der Waals surface area (Å²) < 4.78 is 46.9. The summed E-state index contributed by atoms with van der Waals surface area (Å²) in [4.78, 5) is 16.1. The van der Waals surface area contributed by atoms with Crippen LogP contribution in [0.1, 0.15) is 15.4 Å². The van der Waals surface area contributed by atoms with Crippen molar-refractivity contribution in [1.82, 2.24) is 10.3 Å². The van der Waals surface area contributed by atoms with Crippen molar-refractivity contribution < 1.29 is 32.3 Å². The Bertz CT molecular complexity index is 1290. The Morgan fingerprint density at radius 1 is 1.00 bits per heavy atom. The van der Waals surface area contributed by atoms with Gasteiger partial charge in [0.05, 0.1) is 5.56 Å². The molecule has 0 saturated carbocycles. The molecule has 0 saturated heterocycles. The molecule has 1 aromatic heterocycles. The average Bonchev–Trinajstić information content (AvgIpc) is 2.89.